The Balaban J connectivity index is 2.61. The van der Waals surface area contributed by atoms with Gasteiger partial charge in [0, 0.05) is 11.3 Å². The Hall–Kier alpha value is -2.33. The maximum absolute atomic E-state index is 11.9. The number of hydrogen-bond donors (Lipinski definition) is 3. The third kappa shape index (κ3) is 2.62. The van der Waals surface area contributed by atoms with Gasteiger partial charge in [0.2, 0.25) is 5.75 Å². The van der Waals surface area contributed by atoms with Crippen molar-refractivity contribution in [2.45, 2.75) is 24.9 Å². The smallest absolute Gasteiger partial charge is 0.331 e. The molecule has 11 nitrogen and oxygen atoms in total. The summed E-state index contributed by atoms with van der Waals surface area (Å²) in [5.41, 5.74) is 6.86. The molecule has 1 aromatic heterocycles. The van der Waals surface area contributed by atoms with Crippen LogP contribution in [0.4, 0.5) is 5.82 Å². The predicted octanol–water partition coefficient (Wildman–Crippen LogP) is -0.872. The van der Waals surface area contributed by atoms with E-state index in [1.54, 1.807) is 0 Å². The van der Waals surface area contributed by atoms with Crippen molar-refractivity contribution in [1.82, 2.24) is 9.55 Å². The Morgan fingerprint density at radius 1 is 1.62 bits per heavy atom. The third-order valence-electron chi connectivity index (χ3n) is 3.09. The summed E-state index contributed by atoms with van der Waals surface area (Å²) >= 11 is 0. The Morgan fingerprint density at radius 3 is 2.86 bits per heavy atom. The molecule has 0 radical (unpaired) electrons. The molecule has 2 heterocycles. The summed E-state index contributed by atoms with van der Waals surface area (Å²) in [6.45, 7) is -0.441. The van der Waals surface area contributed by atoms with E-state index in [0.717, 1.165) is 4.57 Å². The highest BCUT2D eigenvalue weighted by atomic mass is 16.5. The van der Waals surface area contributed by atoms with Gasteiger partial charge in [-0.05, 0) is 10.6 Å². The molecule has 1 aromatic rings. The number of methoxy groups -OCH3 is 1. The summed E-state index contributed by atoms with van der Waals surface area (Å²) < 4.78 is 11.0. The van der Waals surface area contributed by atoms with Crippen molar-refractivity contribution in [1.29, 1.82) is 0 Å². The van der Waals surface area contributed by atoms with Gasteiger partial charge in [0.15, 0.2) is 5.82 Å². The van der Waals surface area contributed by atoms with Crippen molar-refractivity contribution in [3.8, 4) is 5.75 Å². The molecule has 21 heavy (non-hydrogen) atoms. The number of H-pyrrole nitrogens is 1. The SMILES string of the molecule is COc1c(N=[N+]=[N-])n([C@H]2C[C@H](O)[C@@H](CO)O2)c(=O)[nH]c1=O. The zero-order valence-electron chi connectivity index (χ0n) is 11.0. The summed E-state index contributed by atoms with van der Waals surface area (Å²) in [6.07, 6.45) is -2.90. The molecule has 0 spiro atoms. The lowest BCUT2D eigenvalue weighted by Crippen LogP contribution is -2.33. The number of ether oxygens (including phenoxy) is 2. The number of azide groups is 1. The van der Waals surface area contributed by atoms with Crippen LogP contribution in [-0.2, 0) is 4.74 Å². The van der Waals surface area contributed by atoms with E-state index in [9.17, 15) is 14.7 Å². The molecular weight excluding hydrogens is 286 g/mol. The van der Waals surface area contributed by atoms with Gasteiger partial charge in [0.1, 0.15) is 12.3 Å². The zero-order valence-corrected chi connectivity index (χ0v) is 11.0. The minimum Gasteiger partial charge on any atom is -0.490 e. The van der Waals surface area contributed by atoms with Gasteiger partial charge in [-0.2, -0.15) is 0 Å². The maximum Gasteiger partial charge on any atom is 0.331 e. The molecule has 0 bridgehead atoms. The summed E-state index contributed by atoms with van der Waals surface area (Å²) in [7, 11) is 1.18. The molecule has 3 N–H and O–H groups in total. The molecule has 3 atom stereocenters. The minimum absolute atomic E-state index is 0.0196. The van der Waals surface area contributed by atoms with Crippen molar-refractivity contribution in [3.63, 3.8) is 0 Å². The van der Waals surface area contributed by atoms with Gasteiger partial charge in [-0.1, -0.05) is 0 Å². The van der Waals surface area contributed by atoms with Crippen LogP contribution in [-0.4, -0.2) is 45.7 Å². The first kappa shape index (κ1) is 15.1. The second-order valence-electron chi connectivity index (χ2n) is 4.29. The first-order valence-electron chi connectivity index (χ1n) is 5.95. The van der Waals surface area contributed by atoms with Crippen molar-refractivity contribution in [3.05, 3.63) is 31.3 Å². The minimum atomic E-state index is -1.00. The topological polar surface area (TPSA) is 163 Å². The molecule has 0 saturated carbocycles. The van der Waals surface area contributed by atoms with Gasteiger partial charge in [-0.15, -0.1) is 0 Å². The van der Waals surface area contributed by atoms with E-state index in [-0.39, 0.29) is 18.0 Å². The van der Waals surface area contributed by atoms with Crippen LogP contribution in [0.1, 0.15) is 12.6 Å². The van der Waals surface area contributed by atoms with Crippen LogP contribution < -0.4 is 16.0 Å². The number of aromatic nitrogens is 2. The standard InChI is InChI=1S/C10H13N5O6/c1-20-7-8(13-14-11)15(10(19)12-9(7)18)6-2-4(17)5(3-16)21-6/h4-6,16-17H,2-3H2,1H3,(H,12,18,19)/t4-,5+,6+/m0/s1. The quantitative estimate of drug-likeness (QED) is 0.371. The van der Waals surface area contributed by atoms with E-state index in [4.69, 9.17) is 20.1 Å². The molecule has 114 valence electrons. The van der Waals surface area contributed by atoms with E-state index in [1.165, 1.54) is 7.11 Å². The highest BCUT2D eigenvalue weighted by Crippen LogP contribution is 2.32. The van der Waals surface area contributed by atoms with E-state index < -0.39 is 36.3 Å². The largest absolute Gasteiger partial charge is 0.490 e. The molecule has 1 fully saturated rings. The molecule has 1 aliphatic heterocycles. The van der Waals surface area contributed by atoms with Gasteiger partial charge in [0.05, 0.1) is 19.8 Å². The first-order valence-corrected chi connectivity index (χ1v) is 5.95. The van der Waals surface area contributed by atoms with Crippen LogP contribution in [0.5, 0.6) is 5.75 Å². The Bertz CT molecular complexity index is 690. The molecule has 0 unspecified atom stereocenters. The van der Waals surface area contributed by atoms with Crippen LogP contribution in [0.3, 0.4) is 0 Å². The van der Waals surface area contributed by atoms with E-state index in [0.29, 0.717) is 0 Å². The number of nitrogens with zero attached hydrogens (tertiary/aromatic N) is 4. The number of nitrogens with one attached hydrogen (secondary N) is 1. The second kappa shape index (κ2) is 5.97. The average molecular weight is 299 g/mol. The third-order valence-corrected chi connectivity index (χ3v) is 3.09. The number of aliphatic hydroxyl groups excluding tert-OH is 2. The summed E-state index contributed by atoms with van der Waals surface area (Å²) in [5.74, 6) is -0.706. The normalized spacial score (nSPS) is 24.6. The second-order valence-corrected chi connectivity index (χ2v) is 4.29. The highest BCUT2D eigenvalue weighted by Gasteiger charge is 2.36. The van der Waals surface area contributed by atoms with Crippen LogP contribution in [0.2, 0.25) is 0 Å². The Kier molecular flexibility index (Phi) is 4.29. The fourth-order valence-electron chi connectivity index (χ4n) is 2.15. The lowest BCUT2D eigenvalue weighted by molar-refractivity contribution is -0.0454. The summed E-state index contributed by atoms with van der Waals surface area (Å²) in [5, 5.41) is 22.1. The van der Waals surface area contributed by atoms with E-state index >= 15 is 0 Å². The average Bonchev–Trinajstić information content (AvgIpc) is 2.80. The summed E-state index contributed by atoms with van der Waals surface area (Å²) in [6, 6.07) is 0. The number of aromatic amines is 1. The molecule has 1 saturated heterocycles. The number of hydrogen-bond acceptors (Lipinski definition) is 7. The zero-order chi connectivity index (χ0) is 15.6. The van der Waals surface area contributed by atoms with Crippen molar-refractivity contribution >= 4 is 5.82 Å². The molecule has 0 amide bonds. The molecule has 2 rings (SSSR count). The van der Waals surface area contributed by atoms with Crippen molar-refractivity contribution < 1.29 is 19.7 Å². The van der Waals surface area contributed by atoms with Gasteiger partial charge in [0.25, 0.3) is 5.56 Å². The number of rotatable bonds is 4. The van der Waals surface area contributed by atoms with Gasteiger partial charge < -0.3 is 19.7 Å². The lowest BCUT2D eigenvalue weighted by atomic mass is 10.2. The Morgan fingerprint density at radius 2 is 2.33 bits per heavy atom. The van der Waals surface area contributed by atoms with E-state index in [2.05, 4.69) is 10.0 Å². The molecule has 0 aromatic carbocycles. The van der Waals surface area contributed by atoms with Crippen molar-refractivity contribution in [2.24, 2.45) is 5.11 Å². The molecule has 1 aliphatic rings. The van der Waals surface area contributed by atoms with Crippen LogP contribution in [0.25, 0.3) is 10.4 Å². The van der Waals surface area contributed by atoms with Crippen LogP contribution >= 0.6 is 0 Å². The van der Waals surface area contributed by atoms with Crippen LogP contribution in [0, 0.1) is 0 Å². The van der Waals surface area contributed by atoms with Crippen molar-refractivity contribution in [2.75, 3.05) is 13.7 Å². The lowest BCUT2D eigenvalue weighted by Gasteiger charge is -2.17. The molecular formula is C10H13N5O6. The van der Waals surface area contributed by atoms with Crippen LogP contribution in [0.15, 0.2) is 14.7 Å². The van der Waals surface area contributed by atoms with E-state index in [1.807, 2.05) is 4.98 Å². The van der Waals surface area contributed by atoms with Gasteiger partial charge in [-0.3, -0.25) is 14.3 Å². The van der Waals surface area contributed by atoms with Gasteiger partial charge in [-0.25, -0.2) is 4.79 Å². The maximum atomic E-state index is 11.9. The first-order chi connectivity index (χ1) is 10.0. The number of aliphatic hydroxyl groups is 2. The highest BCUT2D eigenvalue weighted by molar-refractivity contribution is 5.44. The fraction of sp³-hybridized carbons (Fsp3) is 0.600. The molecule has 11 heteroatoms. The van der Waals surface area contributed by atoms with Gasteiger partial charge >= 0.3 is 5.69 Å². The molecule has 0 aliphatic carbocycles. The Labute approximate surface area is 117 Å². The monoisotopic (exact) mass is 299 g/mol. The predicted molar refractivity (Wildman–Crippen MR) is 68.3 cm³/mol. The summed E-state index contributed by atoms with van der Waals surface area (Å²) in [4.78, 5) is 28.1. The fourth-order valence-corrected chi connectivity index (χ4v) is 2.15.